The number of ether oxygens (including phenoxy) is 1. The van der Waals surface area contributed by atoms with Gasteiger partial charge >= 0.3 is 0 Å². The number of aryl methyl sites for hydroxylation is 1. The zero-order valence-electron chi connectivity index (χ0n) is 14.9. The third-order valence-corrected chi connectivity index (χ3v) is 4.31. The van der Waals surface area contributed by atoms with Crippen LogP contribution in [0.1, 0.15) is 34.5 Å². The normalized spacial score (nSPS) is 11.3. The van der Waals surface area contributed by atoms with Gasteiger partial charge in [-0.25, -0.2) is 4.39 Å². The van der Waals surface area contributed by atoms with Crippen molar-refractivity contribution in [2.45, 2.75) is 27.0 Å². The van der Waals surface area contributed by atoms with Crippen LogP contribution in [0.3, 0.4) is 0 Å². The number of halogens is 2. The molecule has 0 spiro atoms. The first kappa shape index (κ1) is 18.9. The van der Waals surface area contributed by atoms with Gasteiger partial charge in [0.05, 0.1) is 16.8 Å². The molecule has 0 amide bonds. The van der Waals surface area contributed by atoms with Crippen LogP contribution < -0.4 is 4.74 Å². The molecular weight excluding hydrogens is 371 g/mol. The minimum Gasteiger partial charge on any atom is -0.484 e. The number of ketones is 1. The zero-order chi connectivity index (χ0) is 19.4. The van der Waals surface area contributed by atoms with Crippen LogP contribution in [0.25, 0.3) is 6.08 Å². The van der Waals surface area contributed by atoms with Gasteiger partial charge in [-0.15, -0.1) is 0 Å². The summed E-state index contributed by atoms with van der Waals surface area (Å²) in [7, 11) is 0. The predicted octanol–water partition coefficient (Wildman–Crippen LogP) is 5.07. The van der Waals surface area contributed by atoms with Crippen LogP contribution in [0.5, 0.6) is 5.75 Å². The monoisotopic (exact) mass is 388 g/mol. The number of hydrogen-bond donors (Lipinski definition) is 0. The highest BCUT2D eigenvalue weighted by molar-refractivity contribution is 6.32. The summed E-state index contributed by atoms with van der Waals surface area (Å²) in [6.07, 6.45) is 4.61. The number of carbonyl (C=O) groups is 1. The molecule has 0 aliphatic carbocycles. The van der Waals surface area contributed by atoms with Gasteiger partial charge in [-0.2, -0.15) is 5.10 Å². The fraction of sp³-hybridized carbons (Fsp3) is 0.200. The number of furan rings is 1. The van der Waals surface area contributed by atoms with E-state index in [-0.39, 0.29) is 17.4 Å². The molecular formula is C20H18ClFN2O3. The Balaban J connectivity index is 1.62. The Bertz CT molecular complexity index is 991. The summed E-state index contributed by atoms with van der Waals surface area (Å²) >= 11 is 5.92. The molecule has 2 heterocycles. The van der Waals surface area contributed by atoms with Crippen molar-refractivity contribution in [3.63, 3.8) is 0 Å². The number of carbonyl (C=O) groups excluding carboxylic acids is 1. The SMILES string of the molecule is CCn1ncc(C(=O)C=Cc2ccc(COc3ccc(F)cc3Cl)o2)c1C. The number of rotatable bonds is 7. The lowest BCUT2D eigenvalue weighted by atomic mass is 10.1. The van der Waals surface area contributed by atoms with Crippen LogP contribution in [0.15, 0.2) is 47.0 Å². The Labute approximate surface area is 161 Å². The van der Waals surface area contributed by atoms with E-state index in [0.717, 1.165) is 5.69 Å². The van der Waals surface area contributed by atoms with Gasteiger partial charge in [0.2, 0.25) is 0 Å². The van der Waals surface area contributed by atoms with Crippen molar-refractivity contribution >= 4 is 23.5 Å². The van der Waals surface area contributed by atoms with Crippen molar-refractivity contribution in [1.29, 1.82) is 0 Å². The third-order valence-electron chi connectivity index (χ3n) is 4.01. The maximum Gasteiger partial charge on any atom is 0.189 e. The Kier molecular flexibility index (Phi) is 5.76. The summed E-state index contributed by atoms with van der Waals surface area (Å²) in [5.41, 5.74) is 1.39. The van der Waals surface area contributed by atoms with E-state index in [1.807, 2.05) is 13.8 Å². The Morgan fingerprint density at radius 1 is 1.37 bits per heavy atom. The summed E-state index contributed by atoms with van der Waals surface area (Å²) in [6.45, 7) is 4.67. The Hall–Kier alpha value is -2.86. The minimum absolute atomic E-state index is 0.134. The van der Waals surface area contributed by atoms with Gasteiger partial charge in [0.1, 0.15) is 29.7 Å². The summed E-state index contributed by atoms with van der Waals surface area (Å²) < 4.78 is 25.9. The second kappa shape index (κ2) is 8.22. The fourth-order valence-electron chi connectivity index (χ4n) is 2.56. The van der Waals surface area contributed by atoms with E-state index in [1.165, 1.54) is 24.3 Å². The number of benzene rings is 1. The van der Waals surface area contributed by atoms with Gasteiger partial charge in [0, 0.05) is 12.2 Å². The van der Waals surface area contributed by atoms with E-state index in [1.54, 1.807) is 29.1 Å². The highest BCUT2D eigenvalue weighted by Crippen LogP contribution is 2.26. The lowest BCUT2D eigenvalue weighted by Crippen LogP contribution is -2.01. The average molecular weight is 389 g/mol. The Morgan fingerprint density at radius 2 is 2.19 bits per heavy atom. The van der Waals surface area contributed by atoms with E-state index in [9.17, 15) is 9.18 Å². The van der Waals surface area contributed by atoms with Crippen molar-refractivity contribution < 1.29 is 18.3 Å². The summed E-state index contributed by atoms with van der Waals surface area (Å²) in [4.78, 5) is 12.3. The molecule has 1 aromatic carbocycles. The van der Waals surface area contributed by atoms with E-state index >= 15 is 0 Å². The number of aromatic nitrogens is 2. The highest BCUT2D eigenvalue weighted by atomic mass is 35.5. The molecule has 3 aromatic rings. The lowest BCUT2D eigenvalue weighted by Gasteiger charge is -2.05. The smallest absolute Gasteiger partial charge is 0.189 e. The van der Waals surface area contributed by atoms with E-state index in [0.29, 0.717) is 29.4 Å². The van der Waals surface area contributed by atoms with Crippen LogP contribution in [-0.2, 0) is 13.2 Å². The topological polar surface area (TPSA) is 57.3 Å². The van der Waals surface area contributed by atoms with E-state index in [2.05, 4.69) is 5.10 Å². The number of nitrogens with zero attached hydrogens (tertiary/aromatic N) is 2. The molecule has 0 atom stereocenters. The number of hydrogen-bond acceptors (Lipinski definition) is 4. The van der Waals surface area contributed by atoms with Crippen molar-refractivity contribution in [2.75, 3.05) is 0 Å². The molecule has 2 aromatic heterocycles. The number of allylic oxidation sites excluding steroid dienone is 1. The molecule has 5 nitrogen and oxygen atoms in total. The van der Waals surface area contributed by atoms with Crippen LogP contribution in [0.2, 0.25) is 5.02 Å². The first-order valence-electron chi connectivity index (χ1n) is 8.39. The molecule has 0 saturated carbocycles. The van der Waals surface area contributed by atoms with Gasteiger partial charge < -0.3 is 9.15 Å². The van der Waals surface area contributed by atoms with Crippen LogP contribution in [0.4, 0.5) is 4.39 Å². The molecule has 0 saturated heterocycles. The van der Waals surface area contributed by atoms with E-state index in [4.69, 9.17) is 20.8 Å². The summed E-state index contributed by atoms with van der Waals surface area (Å²) in [6, 6.07) is 7.38. The molecule has 0 fully saturated rings. The maximum absolute atomic E-state index is 13.0. The average Bonchev–Trinajstić information content (AvgIpc) is 3.25. The van der Waals surface area contributed by atoms with Crippen molar-refractivity contribution in [3.05, 3.63) is 76.2 Å². The quantitative estimate of drug-likeness (QED) is 0.418. The van der Waals surface area contributed by atoms with Crippen molar-refractivity contribution in [3.8, 4) is 5.75 Å². The first-order valence-corrected chi connectivity index (χ1v) is 8.77. The standard InChI is InChI=1S/C20H18ClFN2O3/c1-3-24-13(2)17(11-23-24)19(25)8-7-15-5-6-16(27-15)12-26-20-9-4-14(22)10-18(20)21/h4-11H,3,12H2,1-2H3. The van der Waals surface area contributed by atoms with E-state index < -0.39 is 5.82 Å². The van der Waals surface area contributed by atoms with Crippen LogP contribution in [0, 0.1) is 12.7 Å². The molecule has 27 heavy (non-hydrogen) atoms. The highest BCUT2D eigenvalue weighted by Gasteiger charge is 2.11. The van der Waals surface area contributed by atoms with Gasteiger partial charge in [-0.3, -0.25) is 9.48 Å². The zero-order valence-corrected chi connectivity index (χ0v) is 15.7. The van der Waals surface area contributed by atoms with Gasteiger partial charge in [0.15, 0.2) is 5.78 Å². The lowest BCUT2D eigenvalue weighted by molar-refractivity contribution is 0.104. The van der Waals surface area contributed by atoms with Gasteiger partial charge in [0.25, 0.3) is 0 Å². The van der Waals surface area contributed by atoms with Crippen molar-refractivity contribution in [1.82, 2.24) is 9.78 Å². The molecule has 0 aliphatic heterocycles. The summed E-state index contributed by atoms with van der Waals surface area (Å²) in [5.74, 6) is 0.872. The Morgan fingerprint density at radius 3 is 2.89 bits per heavy atom. The second-order valence-corrected chi connectivity index (χ2v) is 6.23. The van der Waals surface area contributed by atoms with Crippen molar-refractivity contribution in [2.24, 2.45) is 0 Å². The molecule has 0 N–H and O–H groups in total. The molecule has 3 rings (SSSR count). The van der Waals surface area contributed by atoms with Gasteiger partial charge in [-0.1, -0.05) is 11.6 Å². The van der Waals surface area contributed by atoms with Gasteiger partial charge in [-0.05, 0) is 56.3 Å². The molecule has 7 heteroatoms. The third kappa shape index (κ3) is 4.46. The fourth-order valence-corrected chi connectivity index (χ4v) is 2.78. The molecule has 140 valence electrons. The largest absolute Gasteiger partial charge is 0.484 e. The molecule has 0 unspecified atom stereocenters. The predicted molar refractivity (Wildman–Crippen MR) is 100 cm³/mol. The molecule has 0 radical (unpaired) electrons. The minimum atomic E-state index is -0.429. The van der Waals surface area contributed by atoms with Crippen LogP contribution >= 0.6 is 11.6 Å². The first-order chi connectivity index (χ1) is 13.0. The maximum atomic E-state index is 13.0. The van der Waals surface area contributed by atoms with Crippen LogP contribution in [-0.4, -0.2) is 15.6 Å². The molecule has 0 aliphatic rings. The summed E-state index contributed by atoms with van der Waals surface area (Å²) in [5, 5.41) is 4.36. The second-order valence-electron chi connectivity index (χ2n) is 5.82. The molecule has 0 bridgehead atoms.